The van der Waals surface area contributed by atoms with E-state index in [1.165, 1.54) is 0 Å². The molecule has 7 nitrogen and oxygen atoms in total. The Morgan fingerprint density at radius 1 is 1.27 bits per heavy atom. The Bertz CT molecular complexity index is 520. The van der Waals surface area contributed by atoms with E-state index in [1.807, 2.05) is 6.92 Å². The molecular formula is C14H25N3O4S. The van der Waals surface area contributed by atoms with Crippen LogP contribution in [0.25, 0.3) is 0 Å². The lowest BCUT2D eigenvalue weighted by atomic mass is 10.1. The summed E-state index contributed by atoms with van der Waals surface area (Å²) in [5, 5.41) is 5.59. The molecule has 126 valence electrons. The van der Waals surface area contributed by atoms with Crippen molar-refractivity contribution < 1.29 is 18.0 Å². The summed E-state index contributed by atoms with van der Waals surface area (Å²) >= 11 is 0. The molecule has 2 atom stereocenters. The summed E-state index contributed by atoms with van der Waals surface area (Å²) in [4.78, 5) is 24.6. The molecule has 2 saturated heterocycles. The van der Waals surface area contributed by atoms with Gasteiger partial charge < -0.3 is 15.5 Å². The number of urea groups is 1. The van der Waals surface area contributed by atoms with Crippen LogP contribution >= 0.6 is 0 Å². The summed E-state index contributed by atoms with van der Waals surface area (Å²) in [5.41, 5.74) is 0. The van der Waals surface area contributed by atoms with Gasteiger partial charge in [0.25, 0.3) is 0 Å². The van der Waals surface area contributed by atoms with E-state index in [0.717, 1.165) is 25.7 Å². The summed E-state index contributed by atoms with van der Waals surface area (Å²) in [7, 11) is -3.01. The number of rotatable bonds is 8. The highest BCUT2D eigenvalue weighted by molar-refractivity contribution is 7.91. The number of carbonyl (C=O) groups excluding carboxylic acids is 2. The van der Waals surface area contributed by atoms with Crippen LogP contribution in [0.2, 0.25) is 0 Å². The predicted octanol–water partition coefficient (Wildman–Crippen LogP) is 0.264. The molecule has 2 fully saturated rings. The normalized spacial score (nSPS) is 25.9. The summed E-state index contributed by atoms with van der Waals surface area (Å²) in [6.45, 7) is 3.12. The Balaban J connectivity index is 1.63. The average molecular weight is 331 g/mol. The van der Waals surface area contributed by atoms with E-state index in [-0.39, 0.29) is 35.5 Å². The van der Waals surface area contributed by atoms with Gasteiger partial charge in [-0.05, 0) is 12.8 Å². The van der Waals surface area contributed by atoms with E-state index in [1.54, 1.807) is 4.90 Å². The lowest BCUT2D eigenvalue weighted by molar-refractivity contribution is -0.120. The molecule has 2 heterocycles. The van der Waals surface area contributed by atoms with E-state index in [4.69, 9.17) is 0 Å². The summed E-state index contributed by atoms with van der Waals surface area (Å²) in [5.74, 6) is 0.221. The lowest BCUT2D eigenvalue weighted by Gasteiger charge is -2.21. The fourth-order valence-corrected chi connectivity index (χ4v) is 4.97. The van der Waals surface area contributed by atoms with E-state index < -0.39 is 9.84 Å². The third-order valence-electron chi connectivity index (χ3n) is 4.26. The van der Waals surface area contributed by atoms with Crippen LogP contribution in [0.5, 0.6) is 0 Å². The minimum atomic E-state index is -3.01. The number of fused-ring (bicyclic) bond motifs is 1. The number of hydrogen-bond donors (Lipinski definition) is 2. The smallest absolute Gasteiger partial charge is 0.318 e. The molecular weight excluding hydrogens is 306 g/mol. The predicted molar refractivity (Wildman–Crippen MR) is 83.2 cm³/mol. The van der Waals surface area contributed by atoms with Crippen molar-refractivity contribution in [2.24, 2.45) is 0 Å². The molecule has 0 bridgehead atoms. The Morgan fingerprint density at radius 2 is 2.00 bits per heavy atom. The van der Waals surface area contributed by atoms with E-state index in [0.29, 0.717) is 19.5 Å². The number of hydrogen-bond acceptors (Lipinski definition) is 4. The molecule has 0 saturated carbocycles. The van der Waals surface area contributed by atoms with Gasteiger partial charge in [0.05, 0.1) is 23.6 Å². The van der Waals surface area contributed by atoms with Gasteiger partial charge in [-0.1, -0.05) is 19.8 Å². The van der Waals surface area contributed by atoms with Crippen molar-refractivity contribution >= 4 is 21.8 Å². The van der Waals surface area contributed by atoms with E-state index >= 15 is 0 Å². The van der Waals surface area contributed by atoms with Crippen molar-refractivity contribution in [3.63, 3.8) is 0 Å². The number of nitrogens with zero attached hydrogens (tertiary/aromatic N) is 1. The van der Waals surface area contributed by atoms with Crippen LogP contribution in [0.1, 0.15) is 39.0 Å². The standard InChI is InChI=1S/C14H25N3O4S/c1-2-13(18)15-7-5-3-4-6-8-17-12-10-22(20,21)9-11(12)16-14(17)19/h11-12H,2-10H2,1H3,(H,15,18)(H,16,19)/t11-,12+/m0/s1. The second kappa shape index (κ2) is 7.30. The van der Waals surface area contributed by atoms with Gasteiger partial charge in [0.2, 0.25) is 5.91 Å². The van der Waals surface area contributed by atoms with Crippen molar-refractivity contribution in [3.05, 3.63) is 0 Å². The van der Waals surface area contributed by atoms with Crippen LogP contribution in [-0.4, -0.2) is 61.9 Å². The number of nitrogens with one attached hydrogen (secondary N) is 2. The number of carbonyl (C=O) groups is 2. The molecule has 0 spiro atoms. The lowest BCUT2D eigenvalue weighted by Crippen LogP contribution is -2.37. The molecule has 2 N–H and O–H groups in total. The first-order chi connectivity index (χ1) is 10.4. The SMILES string of the molecule is CCC(=O)NCCCCCCN1C(=O)N[C@H]2CS(=O)(=O)C[C@H]21. The molecule has 2 rings (SSSR count). The molecule has 22 heavy (non-hydrogen) atoms. The number of unbranched alkanes of at least 4 members (excludes halogenated alkanes) is 3. The molecule has 0 aromatic carbocycles. The zero-order valence-corrected chi connectivity index (χ0v) is 13.8. The maximum Gasteiger partial charge on any atom is 0.318 e. The van der Waals surface area contributed by atoms with E-state index in [9.17, 15) is 18.0 Å². The zero-order chi connectivity index (χ0) is 16.2. The molecule has 2 aliphatic heterocycles. The molecule has 8 heteroatoms. The van der Waals surface area contributed by atoms with Crippen molar-refractivity contribution in [3.8, 4) is 0 Å². The first-order valence-electron chi connectivity index (χ1n) is 7.97. The Labute approximate surface area is 131 Å². The van der Waals surface area contributed by atoms with Gasteiger partial charge in [0.15, 0.2) is 9.84 Å². The fraction of sp³-hybridized carbons (Fsp3) is 0.857. The highest BCUT2D eigenvalue weighted by Crippen LogP contribution is 2.24. The molecule has 2 aliphatic rings. The van der Waals surface area contributed by atoms with E-state index in [2.05, 4.69) is 10.6 Å². The highest BCUT2D eigenvalue weighted by atomic mass is 32.2. The molecule has 0 unspecified atom stereocenters. The van der Waals surface area contributed by atoms with Gasteiger partial charge in [-0.25, -0.2) is 13.2 Å². The van der Waals surface area contributed by atoms with Gasteiger partial charge in [0.1, 0.15) is 0 Å². The average Bonchev–Trinajstić information content (AvgIpc) is 2.89. The quantitative estimate of drug-likeness (QED) is 0.493. The fourth-order valence-electron chi connectivity index (χ4n) is 3.05. The maximum absolute atomic E-state index is 11.8. The van der Waals surface area contributed by atoms with Gasteiger partial charge in [-0.3, -0.25) is 4.79 Å². The van der Waals surface area contributed by atoms with Crippen LogP contribution in [0.4, 0.5) is 4.79 Å². The van der Waals surface area contributed by atoms with Crippen molar-refractivity contribution in [2.75, 3.05) is 24.6 Å². The minimum absolute atomic E-state index is 0.0665. The molecule has 0 aromatic heterocycles. The van der Waals surface area contributed by atoms with Crippen molar-refractivity contribution in [2.45, 2.75) is 51.1 Å². The summed E-state index contributed by atoms with van der Waals surface area (Å²) in [6.07, 6.45) is 4.26. The monoisotopic (exact) mass is 331 g/mol. The highest BCUT2D eigenvalue weighted by Gasteiger charge is 2.48. The molecule has 0 aromatic rings. The van der Waals surface area contributed by atoms with Gasteiger partial charge >= 0.3 is 6.03 Å². The number of sulfone groups is 1. The van der Waals surface area contributed by atoms with Crippen LogP contribution < -0.4 is 10.6 Å². The van der Waals surface area contributed by atoms with Gasteiger partial charge in [-0.2, -0.15) is 0 Å². The van der Waals surface area contributed by atoms with Crippen molar-refractivity contribution in [1.82, 2.24) is 15.5 Å². The van der Waals surface area contributed by atoms with Crippen LogP contribution in [0.15, 0.2) is 0 Å². The first kappa shape index (κ1) is 17.1. The molecule has 0 radical (unpaired) electrons. The molecule has 0 aliphatic carbocycles. The first-order valence-corrected chi connectivity index (χ1v) is 9.79. The Morgan fingerprint density at radius 3 is 2.73 bits per heavy atom. The second-order valence-electron chi connectivity index (χ2n) is 6.01. The zero-order valence-electron chi connectivity index (χ0n) is 13.0. The Kier molecular flexibility index (Phi) is 5.66. The Hall–Kier alpha value is -1.31. The summed E-state index contributed by atoms with van der Waals surface area (Å²) in [6, 6.07) is -0.566. The maximum atomic E-state index is 11.8. The van der Waals surface area contributed by atoms with Crippen molar-refractivity contribution in [1.29, 1.82) is 0 Å². The van der Waals surface area contributed by atoms with Crippen LogP contribution in [-0.2, 0) is 14.6 Å². The second-order valence-corrected chi connectivity index (χ2v) is 8.17. The third kappa shape index (κ3) is 4.34. The number of amides is 3. The topological polar surface area (TPSA) is 95.6 Å². The van der Waals surface area contributed by atoms with Gasteiger partial charge in [-0.15, -0.1) is 0 Å². The summed E-state index contributed by atoms with van der Waals surface area (Å²) < 4.78 is 23.2. The minimum Gasteiger partial charge on any atom is -0.356 e. The largest absolute Gasteiger partial charge is 0.356 e. The van der Waals surface area contributed by atoms with Gasteiger partial charge in [0, 0.05) is 19.5 Å². The van der Waals surface area contributed by atoms with Crippen LogP contribution in [0.3, 0.4) is 0 Å². The van der Waals surface area contributed by atoms with Crippen LogP contribution in [0, 0.1) is 0 Å². The molecule has 3 amide bonds. The third-order valence-corrected chi connectivity index (χ3v) is 5.98.